The van der Waals surface area contributed by atoms with E-state index in [1.54, 1.807) is 41.8 Å². The molecular weight excluding hydrogens is 460 g/mol. The van der Waals surface area contributed by atoms with Crippen molar-refractivity contribution < 1.29 is 17.9 Å². The molecule has 3 aromatic rings. The molecule has 0 saturated heterocycles. The number of hydrogen-bond donors (Lipinski definition) is 0. The van der Waals surface area contributed by atoms with Gasteiger partial charge in [-0.1, -0.05) is 15.9 Å². The van der Waals surface area contributed by atoms with Crippen LogP contribution < -0.4 is 5.69 Å². The zero-order valence-electron chi connectivity index (χ0n) is 16.1. The molecule has 0 fully saturated rings. The first kappa shape index (κ1) is 21.3. The van der Waals surface area contributed by atoms with Crippen molar-refractivity contribution >= 4 is 42.8 Å². The number of esters is 1. The Morgan fingerprint density at radius 3 is 2.34 bits per heavy atom. The third-order valence-corrected chi connectivity index (χ3v) is 6.84. The summed E-state index contributed by atoms with van der Waals surface area (Å²) in [5.41, 5.74) is 1.16. The van der Waals surface area contributed by atoms with Crippen molar-refractivity contribution in [2.45, 2.75) is 31.8 Å². The molecule has 0 bridgehead atoms. The van der Waals surface area contributed by atoms with Gasteiger partial charge < -0.3 is 4.74 Å². The van der Waals surface area contributed by atoms with Crippen LogP contribution in [0, 0.1) is 0 Å². The third kappa shape index (κ3) is 4.30. The average molecular weight is 481 g/mol. The number of benzene rings is 2. The molecule has 0 spiro atoms. The van der Waals surface area contributed by atoms with Gasteiger partial charge in [0.15, 0.2) is 9.84 Å². The summed E-state index contributed by atoms with van der Waals surface area (Å²) in [6.07, 6.45) is 0. The van der Waals surface area contributed by atoms with Crippen molar-refractivity contribution in [3.8, 4) is 0 Å². The number of carbonyl (C=O) groups is 1. The molecule has 0 N–H and O–H groups in total. The van der Waals surface area contributed by atoms with Crippen LogP contribution in [0.3, 0.4) is 0 Å². The smallest absolute Gasteiger partial charge is 0.338 e. The molecule has 154 valence electrons. The van der Waals surface area contributed by atoms with Gasteiger partial charge in [-0.05, 0) is 56.3 Å². The number of fused-ring (bicyclic) bond motifs is 1. The van der Waals surface area contributed by atoms with Crippen molar-refractivity contribution in [2.24, 2.45) is 0 Å². The van der Waals surface area contributed by atoms with E-state index in [4.69, 9.17) is 4.74 Å². The van der Waals surface area contributed by atoms with Crippen LogP contribution in [0.4, 0.5) is 0 Å². The Morgan fingerprint density at radius 1 is 1.03 bits per heavy atom. The van der Waals surface area contributed by atoms with E-state index in [1.165, 1.54) is 16.7 Å². The van der Waals surface area contributed by atoms with Gasteiger partial charge in [-0.3, -0.25) is 9.13 Å². The Kier molecular flexibility index (Phi) is 6.28. The van der Waals surface area contributed by atoms with Gasteiger partial charge >= 0.3 is 11.7 Å². The number of rotatable bonds is 7. The fourth-order valence-electron chi connectivity index (χ4n) is 3.15. The molecule has 1 heterocycles. The first-order valence-electron chi connectivity index (χ1n) is 9.17. The zero-order valence-corrected chi connectivity index (χ0v) is 18.5. The highest BCUT2D eigenvalue weighted by atomic mass is 79.9. The molecule has 0 amide bonds. The summed E-state index contributed by atoms with van der Waals surface area (Å²) in [6.45, 7) is 4.20. The van der Waals surface area contributed by atoms with Gasteiger partial charge in [-0.15, -0.1) is 0 Å². The molecule has 0 atom stereocenters. The first-order valence-corrected chi connectivity index (χ1v) is 11.6. The van der Waals surface area contributed by atoms with E-state index in [1.807, 2.05) is 6.92 Å². The highest BCUT2D eigenvalue weighted by Gasteiger charge is 2.19. The number of aryl methyl sites for hydroxylation is 2. The van der Waals surface area contributed by atoms with Crippen LogP contribution in [-0.2, 0) is 27.7 Å². The largest absolute Gasteiger partial charge is 0.462 e. The quantitative estimate of drug-likeness (QED) is 0.484. The summed E-state index contributed by atoms with van der Waals surface area (Å²) in [7, 11) is -3.57. The lowest BCUT2D eigenvalue weighted by atomic mass is 10.2. The highest BCUT2D eigenvalue weighted by molar-refractivity contribution is 9.10. The molecule has 0 aliphatic rings. The molecule has 0 aliphatic carbocycles. The molecule has 0 saturated carbocycles. The molecular formula is C20H21BrN2O5S. The summed E-state index contributed by atoms with van der Waals surface area (Å²) in [4.78, 5) is 25.1. The first-order chi connectivity index (χ1) is 13.8. The number of nitrogens with zero attached hydrogens (tertiary/aromatic N) is 2. The number of hydrogen-bond acceptors (Lipinski definition) is 5. The summed E-state index contributed by atoms with van der Waals surface area (Å²) >= 11 is 3.28. The molecule has 2 aromatic carbocycles. The molecule has 3 rings (SSSR count). The van der Waals surface area contributed by atoms with Crippen molar-refractivity contribution in [2.75, 3.05) is 12.4 Å². The standard InChI is InChI=1S/C20H21BrN2O5S/c1-3-22-17-10-5-14(19(24)28-4-2)13-18(17)23(20(22)25)11-12-29(26,27)16-8-6-15(21)7-9-16/h5-10,13H,3-4,11-12H2,1-2H3. The normalized spacial score (nSPS) is 11.7. The molecule has 9 heteroatoms. The van der Waals surface area contributed by atoms with Crippen LogP contribution in [0.25, 0.3) is 11.0 Å². The number of halogens is 1. The van der Waals surface area contributed by atoms with Gasteiger partial charge in [0.1, 0.15) is 0 Å². The average Bonchev–Trinajstić information content (AvgIpc) is 2.96. The van der Waals surface area contributed by atoms with E-state index in [9.17, 15) is 18.0 Å². The van der Waals surface area contributed by atoms with E-state index in [-0.39, 0.29) is 29.5 Å². The summed E-state index contributed by atoms with van der Waals surface area (Å²) in [5.74, 6) is -0.721. The lowest BCUT2D eigenvalue weighted by Crippen LogP contribution is -2.26. The van der Waals surface area contributed by atoms with Crippen LogP contribution in [0.2, 0.25) is 0 Å². The number of carbonyl (C=O) groups excluding carboxylic acids is 1. The van der Waals surface area contributed by atoms with Gasteiger partial charge in [-0.2, -0.15) is 0 Å². The van der Waals surface area contributed by atoms with Crippen molar-refractivity contribution in [3.63, 3.8) is 0 Å². The predicted molar refractivity (Wildman–Crippen MR) is 114 cm³/mol. The second-order valence-corrected chi connectivity index (χ2v) is 9.40. The fourth-order valence-corrected chi connectivity index (χ4v) is 4.63. The van der Waals surface area contributed by atoms with Gasteiger partial charge in [0, 0.05) is 17.6 Å². The van der Waals surface area contributed by atoms with E-state index < -0.39 is 15.8 Å². The molecule has 0 radical (unpaired) electrons. The number of ether oxygens (including phenoxy) is 1. The van der Waals surface area contributed by atoms with Crippen LogP contribution in [0.1, 0.15) is 24.2 Å². The molecule has 29 heavy (non-hydrogen) atoms. The van der Waals surface area contributed by atoms with Gasteiger partial charge in [0.25, 0.3) is 0 Å². The van der Waals surface area contributed by atoms with Gasteiger partial charge in [0.2, 0.25) is 0 Å². The second kappa shape index (κ2) is 8.54. The SMILES string of the molecule is CCOC(=O)c1ccc2c(c1)n(CCS(=O)(=O)c1ccc(Br)cc1)c(=O)n2CC. The van der Waals surface area contributed by atoms with Crippen molar-refractivity contribution in [3.05, 3.63) is 63.0 Å². The Balaban J connectivity index is 2.00. The van der Waals surface area contributed by atoms with E-state index >= 15 is 0 Å². The van der Waals surface area contributed by atoms with Crippen LogP contribution in [0.15, 0.2) is 56.6 Å². The summed E-state index contributed by atoms with van der Waals surface area (Å²) < 4.78 is 34.1. The van der Waals surface area contributed by atoms with Crippen LogP contribution in [0.5, 0.6) is 0 Å². The fraction of sp³-hybridized carbons (Fsp3) is 0.300. The summed E-state index contributed by atoms with van der Waals surface area (Å²) in [5, 5.41) is 0. The number of aromatic nitrogens is 2. The maximum absolute atomic E-state index is 12.8. The minimum Gasteiger partial charge on any atom is -0.462 e. The Bertz CT molecular complexity index is 1210. The zero-order chi connectivity index (χ0) is 21.2. The van der Waals surface area contributed by atoms with Crippen molar-refractivity contribution in [1.82, 2.24) is 9.13 Å². The Labute approximate surface area is 177 Å². The minimum absolute atomic E-state index is 0.0208. The van der Waals surface area contributed by atoms with Gasteiger partial charge in [-0.25, -0.2) is 18.0 Å². The van der Waals surface area contributed by atoms with Crippen molar-refractivity contribution in [1.29, 1.82) is 0 Å². The molecule has 0 aliphatic heterocycles. The molecule has 1 aromatic heterocycles. The lowest BCUT2D eigenvalue weighted by molar-refractivity contribution is 0.0526. The highest BCUT2D eigenvalue weighted by Crippen LogP contribution is 2.19. The van der Waals surface area contributed by atoms with Gasteiger partial charge in [0.05, 0.1) is 33.9 Å². The molecule has 7 nitrogen and oxygen atoms in total. The Hall–Kier alpha value is -2.39. The number of sulfone groups is 1. The van der Waals surface area contributed by atoms with E-state index in [0.717, 1.165) is 4.47 Å². The molecule has 0 unspecified atom stereocenters. The lowest BCUT2D eigenvalue weighted by Gasteiger charge is -2.07. The van der Waals surface area contributed by atoms with Crippen LogP contribution >= 0.6 is 15.9 Å². The predicted octanol–water partition coefficient (Wildman–Crippen LogP) is 3.24. The number of imidazole rings is 1. The Morgan fingerprint density at radius 2 is 1.72 bits per heavy atom. The second-order valence-electron chi connectivity index (χ2n) is 6.38. The minimum atomic E-state index is -3.57. The van der Waals surface area contributed by atoms with E-state index in [2.05, 4.69) is 15.9 Å². The third-order valence-electron chi connectivity index (χ3n) is 4.60. The summed E-state index contributed by atoms with van der Waals surface area (Å²) in [6, 6.07) is 11.2. The van der Waals surface area contributed by atoms with E-state index in [0.29, 0.717) is 23.1 Å². The maximum Gasteiger partial charge on any atom is 0.338 e. The monoisotopic (exact) mass is 480 g/mol. The topological polar surface area (TPSA) is 87.4 Å². The maximum atomic E-state index is 12.8. The van der Waals surface area contributed by atoms with Crippen LogP contribution in [-0.4, -0.2) is 35.9 Å².